The van der Waals surface area contributed by atoms with Gasteiger partial charge in [0, 0.05) is 23.3 Å². The molecule has 5 heteroatoms. The maximum absolute atomic E-state index is 13.1. The lowest BCUT2D eigenvalue weighted by molar-refractivity contribution is 0.624. The van der Waals surface area contributed by atoms with Crippen molar-refractivity contribution in [3.63, 3.8) is 0 Å². The summed E-state index contributed by atoms with van der Waals surface area (Å²) in [5.74, 6) is -0.274. The second kappa shape index (κ2) is 4.76. The van der Waals surface area contributed by atoms with E-state index in [1.165, 1.54) is 12.1 Å². The Labute approximate surface area is 101 Å². The lowest BCUT2D eigenvalue weighted by Crippen LogP contribution is -2.06. The minimum atomic E-state index is -0.274. The van der Waals surface area contributed by atoms with E-state index >= 15 is 0 Å². The number of benzene rings is 1. The highest BCUT2D eigenvalue weighted by molar-refractivity contribution is 9.10. The Morgan fingerprint density at radius 3 is 3.00 bits per heavy atom. The zero-order valence-electron chi connectivity index (χ0n) is 8.74. The van der Waals surface area contributed by atoms with Crippen LogP contribution in [-0.4, -0.2) is 16.8 Å². The summed E-state index contributed by atoms with van der Waals surface area (Å²) in [5.41, 5.74) is 1.61. The van der Waals surface area contributed by atoms with E-state index in [4.69, 9.17) is 0 Å². The number of rotatable bonds is 3. The molecule has 0 fully saturated rings. The first-order chi connectivity index (χ1) is 7.70. The molecule has 1 aromatic heterocycles. The van der Waals surface area contributed by atoms with Gasteiger partial charge in [0.2, 0.25) is 0 Å². The fraction of sp³-hybridized carbons (Fsp3) is 0.182. The third kappa shape index (κ3) is 2.31. The van der Waals surface area contributed by atoms with Gasteiger partial charge >= 0.3 is 0 Å². The predicted octanol–water partition coefficient (Wildman–Crippen LogP) is 2.49. The first kappa shape index (κ1) is 11.3. The maximum atomic E-state index is 13.1. The van der Waals surface area contributed by atoms with Gasteiger partial charge in [-0.05, 0) is 41.2 Å². The van der Waals surface area contributed by atoms with Gasteiger partial charge in [-0.3, -0.25) is 0 Å². The van der Waals surface area contributed by atoms with Crippen LogP contribution in [0.25, 0.3) is 5.69 Å². The van der Waals surface area contributed by atoms with Gasteiger partial charge in [-0.2, -0.15) is 5.10 Å². The van der Waals surface area contributed by atoms with Crippen molar-refractivity contribution in [1.29, 1.82) is 0 Å². The molecule has 1 aromatic carbocycles. The molecule has 0 saturated heterocycles. The lowest BCUT2D eigenvalue weighted by Gasteiger charge is -2.04. The van der Waals surface area contributed by atoms with E-state index in [0.29, 0.717) is 12.2 Å². The van der Waals surface area contributed by atoms with Crippen LogP contribution >= 0.6 is 15.9 Å². The average molecular weight is 284 g/mol. The van der Waals surface area contributed by atoms with E-state index in [1.807, 2.05) is 19.3 Å². The quantitative estimate of drug-likeness (QED) is 0.938. The first-order valence-electron chi connectivity index (χ1n) is 4.85. The zero-order chi connectivity index (χ0) is 11.5. The number of hydrogen-bond donors (Lipinski definition) is 1. The lowest BCUT2D eigenvalue weighted by atomic mass is 10.3. The summed E-state index contributed by atoms with van der Waals surface area (Å²) in [6.07, 6.45) is 1.81. The third-order valence-electron chi connectivity index (χ3n) is 2.16. The van der Waals surface area contributed by atoms with Gasteiger partial charge in [0.05, 0.1) is 11.4 Å². The highest BCUT2D eigenvalue weighted by atomic mass is 79.9. The van der Waals surface area contributed by atoms with Crippen LogP contribution in [0.4, 0.5) is 4.39 Å². The molecule has 0 spiro atoms. The Balaban J connectivity index is 2.38. The Hall–Kier alpha value is -1.20. The molecule has 16 heavy (non-hydrogen) atoms. The van der Waals surface area contributed by atoms with Crippen molar-refractivity contribution in [3.8, 4) is 5.69 Å². The summed E-state index contributed by atoms with van der Waals surface area (Å²) in [4.78, 5) is 0. The molecule has 1 heterocycles. The molecular formula is C11H11BrFN3. The molecule has 0 unspecified atom stereocenters. The summed E-state index contributed by atoms with van der Waals surface area (Å²) in [5, 5.41) is 7.34. The maximum Gasteiger partial charge on any atom is 0.125 e. The molecule has 0 atom stereocenters. The average Bonchev–Trinajstić information content (AvgIpc) is 2.71. The Bertz CT molecular complexity index is 496. The fourth-order valence-corrected chi connectivity index (χ4v) is 1.86. The van der Waals surface area contributed by atoms with Crippen LogP contribution in [0, 0.1) is 5.82 Å². The van der Waals surface area contributed by atoms with Crippen molar-refractivity contribution in [2.24, 2.45) is 0 Å². The van der Waals surface area contributed by atoms with E-state index < -0.39 is 0 Å². The van der Waals surface area contributed by atoms with Crippen LogP contribution < -0.4 is 5.32 Å². The molecule has 0 bridgehead atoms. The smallest absolute Gasteiger partial charge is 0.125 e. The monoisotopic (exact) mass is 283 g/mol. The molecule has 0 aliphatic rings. The Morgan fingerprint density at radius 1 is 1.44 bits per heavy atom. The van der Waals surface area contributed by atoms with Crippen LogP contribution in [0.1, 0.15) is 5.69 Å². The van der Waals surface area contributed by atoms with Gasteiger partial charge in [0.15, 0.2) is 0 Å². The normalized spacial score (nSPS) is 10.7. The third-order valence-corrected chi connectivity index (χ3v) is 2.83. The molecule has 84 valence electrons. The highest BCUT2D eigenvalue weighted by Crippen LogP contribution is 2.21. The Morgan fingerprint density at radius 2 is 2.25 bits per heavy atom. The second-order valence-electron chi connectivity index (χ2n) is 3.38. The van der Waals surface area contributed by atoms with Gasteiger partial charge in [-0.1, -0.05) is 0 Å². The molecule has 3 nitrogen and oxygen atoms in total. The van der Waals surface area contributed by atoms with Crippen molar-refractivity contribution in [3.05, 3.63) is 46.4 Å². The topological polar surface area (TPSA) is 29.9 Å². The van der Waals surface area contributed by atoms with Crippen LogP contribution in [0.2, 0.25) is 0 Å². The van der Waals surface area contributed by atoms with E-state index in [0.717, 1.165) is 10.2 Å². The zero-order valence-corrected chi connectivity index (χ0v) is 10.3. The van der Waals surface area contributed by atoms with E-state index in [1.54, 1.807) is 10.7 Å². The minimum Gasteiger partial charge on any atom is -0.314 e. The van der Waals surface area contributed by atoms with Gasteiger partial charge in [-0.25, -0.2) is 9.07 Å². The van der Waals surface area contributed by atoms with Crippen molar-refractivity contribution in [1.82, 2.24) is 15.1 Å². The van der Waals surface area contributed by atoms with Gasteiger partial charge in [0.25, 0.3) is 0 Å². The number of nitrogens with zero attached hydrogens (tertiary/aromatic N) is 2. The van der Waals surface area contributed by atoms with Crippen LogP contribution in [0.3, 0.4) is 0 Å². The Kier molecular flexibility index (Phi) is 3.36. The molecular weight excluding hydrogens is 273 g/mol. The van der Waals surface area contributed by atoms with Crippen molar-refractivity contribution >= 4 is 15.9 Å². The van der Waals surface area contributed by atoms with Crippen LogP contribution in [0.5, 0.6) is 0 Å². The number of hydrogen-bond acceptors (Lipinski definition) is 2. The molecule has 0 aliphatic carbocycles. The van der Waals surface area contributed by atoms with Gasteiger partial charge in [0.1, 0.15) is 5.82 Å². The summed E-state index contributed by atoms with van der Waals surface area (Å²) in [7, 11) is 1.86. The van der Waals surface area contributed by atoms with E-state index in [-0.39, 0.29) is 5.82 Å². The number of aromatic nitrogens is 2. The summed E-state index contributed by atoms with van der Waals surface area (Å²) in [6.45, 7) is 0.694. The van der Waals surface area contributed by atoms with Crippen molar-refractivity contribution in [2.45, 2.75) is 6.54 Å². The first-order valence-corrected chi connectivity index (χ1v) is 5.64. The van der Waals surface area contributed by atoms with Crippen molar-refractivity contribution < 1.29 is 4.39 Å². The standard InChI is InChI=1S/C11H11BrFN3/c1-14-7-9-4-5-16(15-9)11-6-8(13)2-3-10(11)12/h2-6,14H,7H2,1H3. The molecule has 2 aromatic rings. The number of nitrogens with one attached hydrogen (secondary N) is 1. The minimum absolute atomic E-state index is 0.274. The molecule has 0 aliphatic heterocycles. The van der Waals surface area contributed by atoms with E-state index in [9.17, 15) is 4.39 Å². The predicted molar refractivity (Wildman–Crippen MR) is 64.0 cm³/mol. The summed E-state index contributed by atoms with van der Waals surface area (Å²) < 4.78 is 15.6. The molecule has 0 radical (unpaired) electrons. The fourth-order valence-electron chi connectivity index (χ4n) is 1.43. The molecule has 0 saturated carbocycles. The SMILES string of the molecule is CNCc1ccn(-c2cc(F)ccc2Br)n1. The van der Waals surface area contributed by atoms with Crippen LogP contribution in [-0.2, 0) is 6.54 Å². The van der Waals surface area contributed by atoms with Crippen LogP contribution in [0.15, 0.2) is 34.9 Å². The second-order valence-corrected chi connectivity index (χ2v) is 4.23. The molecule has 0 amide bonds. The number of halogens is 2. The van der Waals surface area contributed by atoms with Gasteiger partial charge < -0.3 is 5.32 Å². The summed E-state index contributed by atoms with van der Waals surface area (Å²) in [6, 6.07) is 6.42. The van der Waals surface area contributed by atoms with E-state index in [2.05, 4.69) is 26.3 Å². The largest absolute Gasteiger partial charge is 0.314 e. The highest BCUT2D eigenvalue weighted by Gasteiger charge is 2.05. The van der Waals surface area contributed by atoms with Crippen molar-refractivity contribution in [2.75, 3.05) is 7.05 Å². The van der Waals surface area contributed by atoms with Gasteiger partial charge in [-0.15, -0.1) is 0 Å². The summed E-state index contributed by atoms with van der Waals surface area (Å²) >= 11 is 3.37. The molecule has 2 rings (SSSR count). The molecule has 1 N–H and O–H groups in total.